The summed E-state index contributed by atoms with van der Waals surface area (Å²) < 4.78 is 5.33. The minimum Gasteiger partial charge on any atom is -0.381 e. The van der Waals surface area contributed by atoms with Crippen LogP contribution in [0, 0.1) is 12.8 Å². The lowest BCUT2D eigenvalue weighted by Crippen LogP contribution is -2.34. The molecule has 104 valence electrons. The number of ether oxygens (including phenoxy) is 1. The zero-order valence-electron chi connectivity index (χ0n) is 11.8. The molecule has 0 saturated heterocycles. The van der Waals surface area contributed by atoms with Crippen LogP contribution in [-0.4, -0.2) is 19.1 Å². The summed E-state index contributed by atoms with van der Waals surface area (Å²) in [6.45, 7) is 2.69. The fourth-order valence-corrected chi connectivity index (χ4v) is 2.60. The molecule has 1 N–H and O–H groups in total. The number of aryl methyl sites for hydroxylation is 1. The van der Waals surface area contributed by atoms with Crippen molar-refractivity contribution in [3.63, 3.8) is 0 Å². The molecule has 0 aromatic heterocycles. The Bertz CT molecular complexity index is 405. The van der Waals surface area contributed by atoms with Crippen LogP contribution >= 0.6 is 0 Å². The van der Waals surface area contributed by atoms with Crippen molar-refractivity contribution in [2.45, 2.75) is 45.3 Å². The quantitative estimate of drug-likeness (QED) is 0.905. The highest BCUT2D eigenvalue weighted by molar-refractivity contribution is 5.78. The average Bonchev–Trinajstić information content (AvgIpc) is 2.46. The van der Waals surface area contributed by atoms with E-state index < -0.39 is 0 Å². The molecule has 3 heteroatoms. The van der Waals surface area contributed by atoms with Gasteiger partial charge in [-0.15, -0.1) is 0 Å². The van der Waals surface area contributed by atoms with Gasteiger partial charge in [0.15, 0.2) is 0 Å². The Morgan fingerprint density at radius 3 is 2.42 bits per heavy atom. The van der Waals surface area contributed by atoms with Gasteiger partial charge in [-0.05, 0) is 38.2 Å². The van der Waals surface area contributed by atoms with Gasteiger partial charge in [-0.25, -0.2) is 0 Å². The van der Waals surface area contributed by atoms with E-state index in [1.165, 1.54) is 5.56 Å². The van der Waals surface area contributed by atoms with Gasteiger partial charge in [-0.3, -0.25) is 4.79 Å². The predicted octanol–water partition coefficient (Wildman–Crippen LogP) is 2.82. The van der Waals surface area contributed by atoms with Gasteiger partial charge in [-0.1, -0.05) is 29.8 Å². The lowest BCUT2D eigenvalue weighted by atomic mass is 9.87. The number of amides is 1. The molecular formula is C16H23NO2. The van der Waals surface area contributed by atoms with Gasteiger partial charge in [0.1, 0.15) is 0 Å². The molecule has 0 unspecified atom stereocenters. The van der Waals surface area contributed by atoms with Gasteiger partial charge in [0, 0.05) is 19.6 Å². The van der Waals surface area contributed by atoms with Gasteiger partial charge in [0.2, 0.25) is 5.91 Å². The Labute approximate surface area is 115 Å². The van der Waals surface area contributed by atoms with Crippen molar-refractivity contribution < 1.29 is 9.53 Å². The average molecular weight is 261 g/mol. The number of carbonyl (C=O) groups is 1. The molecule has 1 aliphatic rings. The Hall–Kier alpha value is -1.35. The summed E-state index contributed by atoms with van der Waals surface area (Å²) in [7, 11) is 1.75. The van der Waals surface area contributed by atoms with E-state index in [9.17, 15) is 4.79 Å². The summed E-state index contributed by atoms with van der Waals surface area (Å²) in [6.07, 6.45) is 4.23. The van der Waals surface area contributed by atoms with Crippen molar-refractivity contribution in [1.29, 1.82) is 0 Å². The standard InChI is InChI=1S/C16H23NO2/c1-12-3-5-13(6-4-12)11-17-16(18)14-7-9-15(19-2)10-8-14/h3-6,14-15H,7-11H2,1-2H3,(H,17,18). The predicted molar refractivity (Wildman–Crippen MR) is 75.8 cm³/mol. The molecule has 0 aliphatic heterocycles. The second-order valence-corrected chi connectivity index (χ2v) is 5.41. The molecule has 3 nitrogen and oxygen atoms in total. The number of hydrogen-bond acceptors (Lipinski definition) is 2. The molecule has 1 aromatic carbocycles. The van der Waals surface area contributed by atoms with E-state index in [4.69, 9.17) is 4.74 Å². The van der Waals surface area contributed by atoms with E-state index in [2.05, 4.69) is 36.5 Å². The smallest absolute Gasteiger partial charge is 0.223 e. The molecule has 1 fully saturated rings. The molecule has 1 amide bonds. The largest absolute Gasteiger partial charge is 0.381 e. The fourth-order valence-electron chi connectivity index (χ4n) is 2.60. The molecule has 0 spiro atoms. The fraction of sp³-hybridized carbons (Fsp3) is 0.562. The third-order valence-corrected chi connectivity index (χ3v) is 3.97. The lowest BCUT2D eigenvalue weighted by molar-refractivity contribution is -0.126. The van der Waals surface area contributed by atoms with Gasteiger partial charge in [0.25, 0.3) is 0 Å². The van der Waals surface area contributed by atoms with Crippen LogP contribution < -0.4 is 5.32 Å². The monoisotopic (exact) mass is 261 g/mol. The van der Waals surface area contributed by atoms with Crippen molar-refractivity contribution in [3.8, 4) is 0 Å². The second-order valence-electron chi connectivity index (χ2n) is 5.41. The van der Waals surface area contributed by atoms with Gasteiger partial charge < -0.3 is 10.1 Å². The summed E-state index contributed by atoms with van der Waals surface area (Å²) in [4.78, 5) is 12.1. The minimum atomic E-state index is 0.164. The number of methoxy groups -OCH3 is 1. The highest BCUT2D eigenvalue weighted by Crippen LogP contribution is 2.25. The first-order valence-electron chi connectivity index (χ1n) is 7.05. The van der Waals surface area contributed by atoms with Crippen LogP contribution in [0.2, 0.25) is 0 Å². The molecule has 2 rings (SSSR count). The number of rotatable bonds is 4. The maximum atomic E-state index is 12.1. The molecule has 1 aliphatic carbocycles. The molecule has 0 heterocycles. The molecule has 0 atom stereocenters. The zero-order chi connectivity index (χ0) is 13.7. The number of nitrogens with one attached hydrogen (secondary N) is 1. The zero-order valence-corrected chi connectivity index (χ0v) is 11.8. The van der Waals surface area contributed by atoms with Crippen LogP contribution in [0.1, 0.15) is 36.8 Å². The summed E-state index contributed by atoms with van der Waals surface area (Å²) in [6, 6.07) is 8.28. The van der Waals surface area contributed by atoms with E-state index in [-0.39, 0.29) is 11.8 Å². The van der Waals surface area contributed by atoms with Gasteiger partial charge in [0.05, 0.1) is 6.10 Å². The van der Waals surface area contributed by atoms with E-state index >= 15 is 0 Å². The van der Waals surface area contributed by atoms with Crippen LogP contribution in [0.25, 0.3) is 0 Å². The highest BCUT2D eigenvalue weighted by Gasteiger charge is 2.25. The normalized spacial score (nSPS) is 23.1. The first-order valence-corrected chi connectivity index (χ1v) is 7.05. The van der Waals surface area contributed by atoms with E-state index in [0.29, 0.717) is 12.6 Å². The summed E-state index contributed by atoms with van der Waals surface area (Å²) in [5.41, 5.74) is 2.40. The first-order chi connectivity index (χ1) is 9.19. The molecule has 0 radical (unpaired) electrons. The molecular weight excluding hydrogens is 238 g/mol. The lowest BCUT2D eigenvalue weighted by Gasteiger charge is -2.26. The van der Waals surface area contributed by atoms with Crippen LogP contribution in [0.15, 0.2) is 24.3 Å². The Morgan fingerprint density at radius 2 is 1.84 bits per heavy atom. The Balaban J connectivity index is 1.77. The third-order valence-electron chi connectivity index (χ3n) is 3.97. The van der Waals surface area contributed by atoms with Crippen LogP contribution in [-0.2, 0) is 16.1 Å². The maximum absolute atomic E-state index is 12.1. The molecule has 0 bridgehead atoms. The van der Waals surface area contributed by atoms with E-state index in [1.54, 1.807) is 7.11 Å². The molecule has 1 saturated carbocycles. The van der Waals surface area contributed by atoms with Crippen molar-refractivity contribution in [3.05, 3.63) is 35.4 Å². The van der Waals surface area contributed by atoms with Crippen LogP contribution in [0.3, 0.4) is 0 Å². The highest BCUT2D eigenvalue weighted by atomic mass is 16.5. The van der Waals surface area contributed by atoms with Crippen molar-refractivity contribution in [2.75, 3.05) is 7.11 Å². The SMILES string of the molecule is COC1CCC(C(=O)NCc2ccc(C)cc2)CC1. The summed E-state index contributed by atoms with van der Waals surface area (Å²) >= 11 is 0. The Morgan fingerprint density at radius 1 is 1.21 bits per heavy atom. The number of benzene rings is 1. The van der Waals surface area contributed by atoms with Gasteiger partial charge >= 0.3 is 0 Å². The van der Waals surface area contributed by atoms with E-state index in [0.717, 1.165) is 31.2 Å². The molecule has 1 aromatic rings. The van der Waals surface area contributed by atoms with Crippen molar-refractivity contribution in [1.82, 2.24) is 5.32 Å². The van der Waals surface area contributed by atoms with Crippen LogP contribution in [0.5, 0.6) is 0 Å². The Kier molecular flexibility index (Phi) is 4.97. The van der Waals surface area contributed by atoms with Gasteiger partial charge in [-0.2, -0.15) is 0 Å². The first kappa shape index (κ1) is 14.1. The molecule has 19 heavy (non-hydrogen) atoms. The van der Waals surface area contributed by atoms with Crippen molar-refractivity contribution >= 4 is 5.91 Å². The number of hydrogen-bond donors (Lipinski definition) is 1. The van der Waals surface area contributed by atoms with Crippen molar-refractivity contribution in [2.24, 2.45) is 5.92 Å². The number of carbonyl (C=O) groups excluding carboxylic acids is 1. The minimum absolute atomic E-state index is 0.164. The summed E-state index contributed by atoms with van der Waals surface area (Å²) in [5, 5.41) is 3.04. The summed E-state index contributed by atoms with van der Waals surface area (Å²) in [5.74, 6) is 0.354. The van der Waals surface area contributed by atoms with Crippen LogP contribution in [0.4, 0.5) is 0 Å². The second kappa shape index (κ2) is 6.71. The maximum Gasteiger partial charge on any atom is 0.223 e. The third kappa shape index (κ3) is 4.06. The van der Waals surface area contributed by atoms with E-state index in [1.807, 2.05) is 0 Å². The topological polar surface area (TPSA) is 38.3 Å².